The molecule has 5 rings (SSSR count). The predicted molar refractivity (Wildman–Crippen MR) is 140 cm³/mol. The zero-order valence-corrected chi connectivity index (χ0v) is 21.4. The molecule has 3 aromatic rings. The van der Waals surface area contributed by atoms with Crippen LogP contribution in [-0.4, -0.2) is 37.6 Å². The van der Waals surface area contributed by atoms with Crippen LogP contribution in [0.2, 0.25) is 0 Å². The van der Waals surface area contributed by atoms with Crippen molar-refractivity contribution in [2.45, 2.75) is 70.5 Å². The Labute approximate surface area is 213 Å². The van der Waals surface area contributed by atoms with Crippen LogP contribution in [0, 0.1) is 19.7 Å². The Morgan fingerprint density at radius 3 is 2.36 bits per heavy atom. The molecule has 2 aliphatic rings. The number of nitrogens with zero attached hydrogens (tertiary/aromatic N) is 3. The van der Waals surface area contributed by atoms with Crippen molar-refractivity contribution in [1.82, 2.24) is 19.4 Å². The molecule has 1 amide bonds. The lowest BCUT2D eigenvalue weighted by molar-refractivity contribution is 0.0921. The second-order valence-electron chi connectivity index (χ2n) is 9.97. The average molecular weight is 511 g/mol. The molecular weight excluding hydrogens is 479 g/mol. The highest BCUT2D eigenvalue weighted by molar-refractivity contribution is 7.99. The van der Waals surface area contributed by atoms with Crippen LogP contribution in [-0.2, 0) is 0 Å². The fraction of sp³-hybridized carbons (Fsp3) is 0.481. The molecule has 0 radical (unpaired) electrons. The molecule has 2 fully saturated rings. The molecule has 190 valence electrons. The van der Waals surface area contributed by atoms with Gasteiger partial charge in [-0.3, -0.25) is 18.7 Å². The number of aromatic nitrogens is 3. The van der Waals surface area contributed by atoms with Gasteiger partial charge in [-0.25, -0.2) is 14.2 Å². The monoisotopic (exact) mass is 510 g/mol. The number of nitrogens with one attached hydrogen (secondary N) is 1. The number of amides is 1. The molecule has 1 saturated heterocycles. The molecule has 0 bridgehead atoms. The number of hydrogen-bond acceptors (Lipinski definition) is 5. The minimum atomic E-state index is -0.590. The van der Waals surface area contributed by atoms with Crippen LogP contribution >= 0.6 is 11.8 Å². The van der Waals surface area contributed by atoms with E-state index < -0.39 is 11.4 Å². The number of benzene rings is 1. The zero-order chi connectivity index (χ0) is 25.4. The highest BCUT2D eigenvalue weighted by atomic mass is 32.2. The van der Waals surface area contributed by atoms with E-state index in [-0.39, 0.29) is 40.8 Å². The number of carbonyl (C=O) groups excluding carboxylic acids is 1. The van der Waals surface area contributed by atoms with Crippen molar-refractivity contribution in [1.29, 1.82) is 0 Å². The maximum absolute atomic E-state index is 14.1. The summed E-state index contributed by atoms with van der Waals surface area (Å²) < 4.78 is 17.0. The Balaban J connectivity index is 1.40. The SMILES string of the molecule is Cc1ccc(C(=O)NC2CCC(n3c(=O)c4cc(F)cnc4n(C4CCSCC4)c3=O)CC2)cc1C. The summed E-state index contributed by atoms with van der Waals surface area (Å²) in [7, 11) is 0. The standard InChI is InChI=1S/C27H31FN4O3S/c1-16-3-4-18(13-17(16)2)25(33)30-20-5-7-21(8-6-20)32-26(34)23-14-19(28)15-29-24(23)31(27(32)35)22-9-11-36-12-10-22/h3-4,13-15,20-22H,5-12H2,1-2H3,(H,30,33). The highest BCUT2D eigenvalue weighted by Gasteiger charge is 2.29. The van der Waals surface area contributed by atoms with Crippen LogP contribution in [0.5, 0.6) is 0 Å². The lowest BCUT2D eigenvalue weighted by Crippen LogP contribution is -2.46. The molecule has 3 heterocycles. The van der Waals surface area contributed by atoms with Crippen molar-refractivity contribution in [2.75, 3.05) is 11.5 Å². The van der Waals surface area contributed by atoms with Crippen molar-refractivity contribution < 1.29 is 9.18 Å². The summed E-state index contributed by atoms with van der Waals surface area (Å²) in [6.45, 7) is 4.00. The number of thioether (sulfide) groups is 1. The van der Waals surface area contributed by atoms with Crippen molar-refractivity contribution >= 4 is 28.7 Å². The van der Waals surface area contributed by atoms with Crippen LogP contribution in [0.25, 0.3) is 11.0 Å². The second-order valence-corrected chi connectivity index (χ2v) is 11.2. The average Bonchev–Trinajstić information content (AvgIpc) is 2.88. The number of halogens is 1. The van der Waals surface area contributed by atoms with Gasteiger partial charge in [-0.1, -0.05) is 6.07 Å². The van der Waals surface area contributed by atoms with Gasteiger partial charge in [0.05, 0.1) is 11.6 Å². The predicted octanol–water partition coefficient (Wildman–Crippen LogP) is 4.30. The first-order valence-electron chi connectivity index (χ1n) is 12.6. The molecule has 1 aliphatic carbocycles. The summed E-state index contributed by atoms with van der Waals surface area (Å²) >= 11 is 1.85. The first kappa shape index (κ1) is 24.7. The number of aryl methyl sites for hydroxylation is 2. The van der Waals surface area contributed by atoms with Gasteiger partial charge in [0, 0.05) is 23.7 Å². The van der Waals surface area contributed by atoms with E-state index in [9.17, 15) is 18.8 Å². The summed E-state index contributed by atoms with van der Waals surface area (Å²) in [6.07, 6.45) is 5.19. The maximum atomic E-state index is 14.1. The lowest BCUT2D eigenvalue weighted by Gasteiger charge is -2.31. The number of carbonyl (C=O) groups is 1. The van der Waals surface area contributed by atoms with E-state index in [1.54, 1.807) is 4.57 Å². The van der Waals surface area contributed by atoms with Gasteiger partial charge in [0.25, 0.3) is 11.5 Å². The Morgan fingerprint density at radius 2 is 1.67 bits per heavy atom. The van der Waals surface area contributed by atoms with E-state index in [4.69, 9.17) is 0 Å². The zero-order valence-electron chi connectivity index (χ0n) is 20.6. The second kappa shape index (κ2) is 10.2. The van der Waals surface area contributed by atoms with E-state index in [2.05, 4.69) is 10.3 Å². The van der Waals surface area contributed by atoms with Crippen LogP contribution < -0.4 is 16.6 Å². The minimum Gasteiger partial charge on any atom is -0.349 e. The Kier molecular flexibility index (Phi) is 7.01. The molecule has 2 aromatic heterocycles. The number of rotatable bonds is 4. The third-order valence-electron chi connectivity index (χ3n) is 7.64. The summed E-state index contributed by atoms with van der Waals surface area (Å²) in [5.41, 5.74) is 2.28. The van der Waals surface area contributed by atoms with Gasteiger partial charge in [-0.2, -0.15) is 11.8 Å². The molecule has 7 nitrogen and oxygen atoms in total. The number of pyridine rings is 1. The first-order valence-corrected chi connectivity index (χ1v) is 13.8. The summed E-state index contributed by atoms with van der Waals surface area (Å²) in [4.78, 5) is 44.1. The fourth-order valence-corrected chi connectivity index (χ4v) is 6.51. The van der Waals surface area contributed by atoms with Gasteiger partial charge in [-0.05, 0) is 93.2 Å². The summed E-state index contributed by atoms with van der Waals surface area (Å²) in [5, 5.41) is 3.26. The van der Waals surface area contributed by atoms with E-state index in [0.29, 0.717) is 31.2 Å². The van der Waals surface area contributed by atoms with Gasteiger partial charge in [0.15, 0.2) is 0 Å². The molecule has 9 heteroatoms. The molecule has 1 N–H and O–H groups in total. The van der Waals surface area contributed by atoms with Crippen LogP contribution in [0.1, 0.15) is 72.1 Å². The third kappa shape index (κ3) is 4.73. The molecule has 1 aromatic carbocycles. The minimum absolute atomic E-state index is 0.0248. The molecule has 1 aliphatic heterocycles. The quantitative estimate of drug-likeness (QED) is 0.566. The molecule has 36 heavy (non-hydrogen) atoms. The third-order valence-corrected chi connectivity index (χ3v) is 8.69. The maximum Gasteiger partial charge on any atom is 0.333 e. The van der Waals surface area contributed by atoms with Gasteiger partial charge in [-0.15, -0.1) is 0 Å². The van der Waals surface area contributed by atoms with Gasteiger partial charge < -0.3 is 5.32 Å². The summed E-state index contributed by atoms with van der Waals surface area (Å²) in [5.74, 6) is 1.17. The van der Waals surface area contributed by atoms with Gasteiger partial charge in [0.2, 0.25) is 0 Å². The van der Waals surface area contributed by atoms with Crippen LogP contribution in [0.15, 0.2) is 40.1 Å². The lowest BCUT2D eigenvalue weighted by atomic mass is 9.90. The van der Waals surface area contributed by atoms with E-state index in [0.717, 1.165) is 41.7 Å². The topological polar surface area (TPSA) is 86.0 Å². The van der Waals surface area contributed by atoms with Gasteiger partial charge >= 0.3 is 5.69 Å². The Hall–Kier alpha value is -2.94. The molecular formula is C27H31FN4O3S. The molecule has 1 saturated carbocycles. The van der Waals surface area contributed by atoms with E-state index in [1.165, 1.54) is 10.6 Å². The van der Waals surface area contributed by atoms with Crippen LogP contribution in [0.4, 0.5) is 4.39 Å². The van der Waals surface area contributed by atoms with Crippen molar-refractivity contribution in [3.8, 4) is 0 Å². The fourth-order valence-electron chi connectivity index (χ4n) is 5.43. The smallest absolute Gasteiger partial charge is 0.333 e. The Morgan fingerprint density at radius 1 is 0.972 bits per heavy atom. The number of fused-ring (bicyclic) bond motifs is 1. The van der Waals surface area contributed by atoms with Crippen molar-refractivity contribution in [3.63, 3.8) is 0 Å². The highest BCUT2D eigenvalue weighted by Crippen LogP contribution is 2.30. The largest absolute Gasteiger partial charge is 0.349 e. The molecule has 0 unspecified atom stereocenters. The van der Waals surface area contributed by atoms with Crippen LogP contribution in [0.3, 0.4) is 0 Å². The van der Waals surface area contributed by atoms with E-state index >= 15 is 0 Å². The first-order chi connectivity index (χ1) is 17.3. The summed E-state index contributed by atoms with van der Waals surface area (Å²) in [6, 6.07) is 6.49. The Bertz CT molecular complexity index is 1420. The normalized spacial score (nSPS) is 21.0. The van der Waals surface area contributed by atoms with E-state index in [1.807, 2.05) is 43.8 Å². The van der Waals surface area contributed by atoms with Crippen molar-refractivity contribution in [2.24, 2.45) is 0 Å². The number of hydrogen-bond donors (Lipinski definition) is 1. The van der Waals surface area contributed by atoms with Crippen molar-refractivity contribution in [3.05, 3.63) is 73.8 Å². The van der Waals surface area contributed by atoms with Gasteiger partial charge in [0.1, 0.15) is 11.5 Å². The molecule has 0 spiro atoms. The molecule has 0 atom stereocenters.